The predicted octanol–water partition coefficient (Wildman–Crippen LogP) is 4.63. The highest BCUT2D eigenvalue weighted by molar-refractivity contribution is 7.20. The van der Waals surface area contributed by atoms with Crippen LogP contribution in [-0.2, 0) is 6.54 Å². The van der Waals surface area contributed by atoms with Crippen molar-refractivity contribution in [2.75, 3.05) is 11.5 Å². The summed E-state index contributed by atoms with van der Waals surface area (Å²) in [5, 5.41) is 19.4. The third kappa shape index (κ3) is 3.35. The largest absolute Gasteiger partial charge is 0.467 e. The van der Waals surface area contributed by atoms with Crippen molar-refractivity contribution in [1.29, 1.82) is 0 Å². The average Bonchev–Trinajstić information content (AvgIpc) is 3.20. The number of aryl methyl sites for hydroxylation is 1. The normalized spacial score (nSPS) is 12.5. The van der Waals surface area contributed by atoms with Crippen LogP contribution in [0.15, 0.2) is 28.9 Å². The van der Waals surface area contributed by atoms with E-state index in [2.05, 4.69) is 4.98 Å². The summed E-state index contributed by atoms with van der Waals surface area (Å²) in [6, 6.07) is 4.97. The Kier molecular flexibility index (Phi) is 4.99. The zero-order valence-electron chi connectivity index (χ0n) is 13.7. The van der Waals surface area contributed by atoms with Crippen LogP contribution in [-0.4, -0.2) is 27.9 Å². The second kappa shape index (κ2) is 7.03. The number of thiophene rings is 1. The molecular formula is C17H17ClN2O4S. The number of anilines is 1. The van der Waals surface area contributed by atoms with E-state index in [0.29, 0.717) is 17.0 Å². The van der Waals surface area contributed by atoms with E-state index in [0.717, 1.165) is 15.1 Å². The fraction of sp³-hybridized carbons (Fsp3) is 0.294. The maximum atomic E-state index is 11.8. The lowest BCUT2D eigenvalue weighted by atomic mass is 10.1. The number of pyridine rings is 1. The number of hydrogen-bond donors (Lipinski definition) is 2. The van der Waals surface area contributed by atoms with Gasteiger partial charge in [-0.05, 0) is 24.6 Å². The van der Waals surface area contributed by atoms with Gasteiger partial charge in [0.2, 0.25) is 0 Å². The van der Waals surface area contributed by atoms with Crippen molar-refractivity contribution in [2.24, 2.45) is 0 Å². The molecule has 3 rings (SSSR count). The lowest BCUT2D eigenvalue weighted by Crippen LogP contribution is -2.28. The maximum absolute atomic E-state index is 11.8. The Morgan fingerprint density at radius 1 is 1.52 bits per heavy atom. The fourth-order valence-corrected chi connectivity index (χ4v) is 4.22. The van der Waals surface area contributed by atoms with E-state index in [1.165, 1.54) is 22.5 Å². The Hall–Kier alpha value is -2.09. The number of rotatable bonds is 5. The second-order valence-electron chi connectivity index (χ2n) is 5.76. The number of nitrogens with zero attached hydrogens (tertiary/aromatic N) is 2. The molecule has 1 amide bonds. The van der Waals surface area contributed by atoms with E-state index in [1.807, 2.05) is 13.8 Å². The van der Waals surface area contributed by atoms with Gasteiger partial charge in [-0.15, -0.1) is 11.3 Å². The van der Waals surface area contributed by atoms with Gasteiger partial charge in [-0.25, -0.2) is 9.78 Å². The summed E-state index contributed by atoms with van der Waals surface area (Å²) in [6.07, 6.45) is 0.392. The smallest absolute Gasteiger partial charge is 0.412 e. The minimum Gasteiger partial charge on any atom is -0.467 e. The second-order valence-corrected chi connectivity index (χ2v) is 7.20. The molecule has 0 aromatic carbocycles. The molecule has 3 aromatic heterocycles. The van der Waals surface area contributed by atoms with Crippen LogP contribution < -0.4 is 4.90 Å². The van der Waals surface area contributed by atoms with Crippen LogP contribution in [0.1, 0.15) is 29.0 Å². The Morgan fingerprint density at radius 2 is 2.28 bits per heavy atom. The van der Waals surface area contributed by atoms with Crippen molar-refractivity contribution >= 4 is 44.9 Å². The van der Waals surface area contributed by atoms with Gasteiger partial charge < -0.3 is 14.6 Å². The van der Waals surface area contributed by atoms with Gasteiger partial charge in [-0.3, -0.25) is 4.90 Å². The molecule has 3 heterocycles. The van der Waals surface area contributed by atoms with E-state index < -0.39 is 6.09 Å². The molecule has 0 radical (unpaired) electrons. The van der Waals surface area contributed by atoms with Crippen LogP contribution in [0.5, 0.6) is 0 Å². The molecule has 6 nitrogen and oxygen atoms in total. The van der Waals surface area contributed by atoms with E-state index >= 15 is 0 Å². The lowest BCUT2D eigenvalue weighted by molar-refractivity contribution is 0.201. The summed E-state index contributed by atoms with van der Waals surface area (Å²) in [4.78, 5) is 18.4. The first-order valence-corrected chi connectivity index (χ1v) is 8.85. The number of halogens is 1. The van der Waals surface area contributed by atoms with Crippen LogP contribution in [0.3, 0.4) is 0 Å². The quantitative estimate of drug-likeness (QED) is 0.630. The maximum Gasteiger partial charge on any atom is 0.412 e. The van der Waals surface area contributed by atoms with Gasteiger partial charge in [0.25, 0.3) is 0 Å². The molecule has 8 heteroatoms. The van der Waals surface area contributed by atoms with Gasteiger partial charge in [-0.2, -0.15) is 0 Å². The van der Waals surface area contributed by atoms with Gasteiger partial charge in [0, 0.05) is 16.9 Å². The van der Waals surface area contributed by atoms with Crippen molar-refractivity contribution in [2.45, 2.75) is 26.3 Å². The molecule has 0 aliphatic carbocycles. The highest BCUT2D eigenvalue weighted by Crippen LogP contribution is 2.41. The number of carbonyl (C=O) groups is 1. The molecule has 1 unspecified atom stereocenters. The topological polar surface area (TPSA) is 86.8 Å². The van der Waals surface area contributed by atoms with E-state index in [-0.39, 0.29) is 24.2 Å². The van der Waals surface area contributed by atoms with Crippen molar-refractivity contribution in [3.8, 4) is 0 Å². The average molecular weight is 381 g/mol. The van der Waals surface area contributed by atoms with Crippen molar-refractivity contribution in [1.82, 2.24) is 4.98 Å². The number of carboxylic acid groups (broad SMARTS) is 1. The molecule has 2 N–H and O–H groups in total. The number of aromatic nitrogens is 1. The molecule has 0 aliphatic heterocycles. The van der Waals surface area contributed by atoms with E-state index in [9.17, 15) is 15.0 Å². The van der Waals surface area contributed by atoms with Crippen LogP contribution in [0.2, 0.25) is 5.15 Å². The van der Waals surface area contributed by atoms with Crippen molar-refractivity contribution < 1.29 is 19.4 Å². The van der Waals surface area contributed by atoms with Crippen LogP contribution >= 0.6 is 22.9 Å². The van der Waals surface area contributed by atoms with Crippen LogP contribution in [0.4, 0.5) is 10.5 Å². The summed E-state index contributed by atoms with van der Waals surface area (Å²) < 4.78 is 6.01. The number of fused-ring (bicyclic) bond motifs is 1. The molecule has 132 valence electrons. The first kappa shape index (κ1) is 17.7. The molecular weight excluding hydrogens is 364 g/mol. The Morgan fingerprint density at radius 3 is 2.88 bits per heavy atom. The van der Waals surface area contributed by atoms with Gasteiger partial charge in [0.1, 0.15) is 10.9 Å². The van der Waals surface area contributed by atoms with Gasteiger partial charge in [-0.1, -0.05) is 18.5 Å². The molecule has 0 spiro atoms. The number of aliphatic hydroxyl groups excluding tert-OH is 1. The van der Waals surface area contributed by atoms with Gasteiger partial charge in [0.15, 0.2) is 0 Å². The van der Waals surface area contributed by atoms with E-state index in [1.54, 1.807) is 18.2 Å². The van der Waals surface area contributed by atoms with Crippen molar-refractivity contribution in [3.05, 3.63) is 45.8 Å². The summed E-state index contributed by atoms with van der Waals surface area (Å²) in [5.74, 6) is 0.467. The number of aliphatic hydroxyl groups is 1. The number of hydrogen-bond acceptors (Lipinski definition) is 5. The molecule has 1 atom stereocenters. The molecule has 0 aliphatic rings. The van der Waals surface area contributed by atoms with Gasteiger partial charge >= 0.3 is 6.09 Å². The molecule has 3 aromatic rings. The molecule has 0 bridgehead atoms. The first-order valence-electron chi connectivity index (χ1n) is 7.65. The standard InChI is InChI=1S/C17H17ClN2O4S/c1-9(8-21)15-10(2)14-16(25-15)12(6-13(18)19-14)20(17(22)23)7-11-4-3-5-24-11/h3-6,9,21H,7-8H2,1-2H3,(H,22,23). The molecule has 0 saturated carbocycles. The van der Waals surface area contributed by atoms with Gasteiger partial charge in [0.05, 0.1) is 35.3 Å². The third-order valence-corrected chi connectivity index (χ3v) is 5.72. The summed E-state index contributed by atoms with van der Waals surface area (Å²) in [6.45, 7) is 3.90. The summed E-state index contributed by atoms with van der Waals surface area (Å²) in [5.41, 5.74) is 2.03. The van der Waals surface area contributed by atoms with Crippen molar-refractivity contribution in [3.63, 3.8) is 0 Å². The Bertz CT molecular complexity index is 907. The minimum absolute atomic E-state index is 0.00572. The zero-order chi connectivity index (χ0) is 18.1. The highest BCUT2D eigenvalue weighted by Gasteiger charge is 2.24. The Labute approximate surface area is 153 Å². The fourth-order valence-electron chi connectivity index (χ4n) is 2.72. The predicted molar refractivity (Wildman–Crippen MR) is 97.8 cm³/mol. The number of amides is 1. The summed E-state index contributed by atoms with van der Waals surface area (Å²) >= 11 is 7.58. The minimum atomic E-state index is -1.11. The highest BCUT2D eigenvalue weighted by atomic mass is 35.5. The molecule has 0 fully saturated rings. The summed E-state index contributed by atoms with van der Waals surface area (Å²) in [7, 11) is 0. The van der Waals surface area contributed by atoms with Crippen LogP contribution in [0.25, 0.3) is 10.2 Å². The van der Waals surface area contributed by atoms with Crippen LogP contribution in [0, 0.1) is 6.92 Å². The Balaban J connectivity index is 2.17. The third-order valence-electron chi connectivity index (χ3n) is 4.00. The SMILES string of the molecule is Cc1c(C(C)CO)sc2c(N(Cc3ccco3)C(=O)O)cc(Cl)nc12. The first-order chi connectivity index (χ1) is 11.9. The molecule has 0 saturated heterocycles. The lowest BCUT2D eigenvalue weighted by Gasteiger charge is -2.19. The molecule has 25 heavy (non-hydrogen) atoms. The van der Waals surface area contributed by atoms with E-state index in [4.69, 9.17) is 16.0 Å². The monoisotopic (exact) mass is 380 g/mol. The zero-order valence-corrected chi connectivity index (χ0v) is 15.3. The number of furan rings is 1.